The number of carbonyl (C=O) groups excluding carboxylic acids is 1. The van der Waals surface area contributed by atoms with Gasteiger partial charge in [0, 0.05) is 0 Å². The second-order valence-electron chi connectivity index (χ2n) is 2.86. The number of ether oxygens (including phenoxy) is 1. The lowest BCUT2D eigenvalue weighted by Gasteiger charge is -2.21. The average Bonchev–Trinajstić information content (AvgIpc) is 2.00. The van der Waals surface area contributed by atoms with Crippen LogP contribution in [0.15, 0.2) is 0 Å². The fraction of sp³-hybridized carbons (Fsp3) is 0.857. The predicted octanol–water partition coefficient (Wildman–Crippen LogP) is 1.68. The van der Waals surface area contributed by atoms with Crippen molar-refractivity contribution in [2.75, 3.05) is 0 Å². The van der Waals surface area contributed by atoms with Crippen LogP contribution in [0.4, 0.5) is 22.0 Å². The van der Waals surface area contributed by atoms with Crippen LogP contribution in [0.1, 0.15) is 13.8 Å². The van der Waals surface area contributed by atoms with Crippen LogP contribution in [0.5, 0.6) is 0 Å². The van der Waals surface area contributed by atoms with Gasteiger partial charge in [0.15, 0.2) is 0 Å². The number of nitrogens with one attached hydrogen (secondary N) is 1. The van der Waals surface area contributed by atoms with Crippen molar-refractivity contribution >= 4 is 5.91 Å². The molecule has 15 heavy (non-hydrogen) atoms. The van der Waals surface area contributed by atoms with Crippen LogP contribution in [0.2, 0.25) is 0 Å². The van der Waals surface area contributed by atoms with Crippen LogP contribution in [0, 0.1) is 0 Å². The first-order valence-electron chi connectivity index (χ1n) is 3.96. The monoisotopic (exact) mass is 235 g/mol. The van der Waals surface area contributed by atoms with E-state index in [4.69, 9.17) is 0 Å². The van der Waals surface area contributed by atoms with Crippen molar-refractivity contribution in [2.45, 2.75) is 38.8 Å². The van der Waals surface area contributed by atoms with Crippen molar-refractivity contribution in [1.82, 2.24) is 5.32 Å². The smallest absolute Gasteiger partial charge is 0.343 e. The van der Waals surface area contributed by atoms with Crippen LogP contribution in [-0.2, 0) is 9.53 Å². The van der Waals surface area contributed by atoms with Crippen molar-refractivity contribution in [3.05, 3.63) is 0 Å². The van der Waals surface area contributed by atoms with E-state index in [1.165, 1.54) is 5.32 Å². The van der Waals surface area contributed by atoms with E-state index < -0.39 is 30.8 Å². The van der Waals surface area contributed by atoms with Crippen LogP contribution < -0.4 is 5.32 Å². The highest BCUT2D eigenvalue weighted by Crippen LogP contribution is 2.15. The number of rotatable bonds is 4. The van der Waals surface area contributed by atoms with E-state index in [1.807, 2.05) is 0 Å². The summed E-state index contributed by atoms with van der Waals surface area (Å²) in [6, 6.07) is -1.16. The number of carbonyl (C=O) groups is 1. The highest BCUT2D eigenvalue weighted by molar-refractivity contribution is 5.81. The molecule has 8 heteroatoms. The molecule has 0 fully saturated rings. The first-order chi connectivity index (χ1) is 6.64. The van der Waals surface area contributed by atoms with E-state index in [-0.39, 0.29) is 0 Å². The zero-order valence-corrected chi connectivity index (χ0v) is 7.94. The Morgan fingerprint density at radius 2 is 1.73 bits per heavy atom. The third kappa shape index (κ3) is 5.50. The lowest BCUT2D eigenvalue weighted by Crippen LogP contribution is -2.47. The summed E-state index contributed by atoms with van der Waals surface area (Å²) < 4.78 is 62.4. The number of halogens is 5. The summed E-state index contributed by atoms with van der Waals surface area (Å²) in [6.45, 7) is -0.824. The summed E-state index contributed by atoms with van der Waals surface area (Å²) >= 11 is 0. The molecular weight excluding hydrogens is 225 g/mol. The molecule has 0 aliphatic heterocycles. The van der Waals surface area contributed by atoms with Crippen molar-refractivity contribution in [3.63, 3.8) is 0 Å². The van der Waals surface area contributed by atoms with Gasteiger partial charge >= 0.3 is 18.7 Å². The normalized spacial score (nSPS) is 16.3. The van der Waals surface area contributed by atoms with E-state index in [0.29, 0.717) is 0 Å². The average molecular weight is 235 g/mol. The quantitative estimate of drug-likeness (QED) is 0.753. The summed E-state index contributed by atoms with van der Waals surface area (Å²) in [5, 5.41) is 1.50. The topological polar surface area (TPSA) is 38.3 Å². The minimum Gasteiger partial charge on any atom is -0.343 e. The van der Waals surface area contributed by atoms with Gasteiger partial charge in [-0.25, -0.2) is 0 Å². The zero-order valence-electron chi connectivity index (χ0n) is 7.94. The molecule has 2 atom stereocenters. The van der Waals surface area contributed by atoms with Gasteiger partial charge in [-0.1, -0.05) is 0 Å². The molecule has 0 bridgehead atoms. The molecule has 0 saturated carbocycles. The molecule has 0 aliphatic carbocycles. The molecule has 0 aromatic rings. The third-order valence-corrected chi connectivity index (χ3v) is 1.64. The summed E-state index contributed by atoms with van der Waals surface area (Å²) in [7, 11) is 0. The second-order valence-corrected chi connectivity index (χ2v) is 2.86. The fourth-order valence-corrected chi connectivity index (χ4v) is 0.686. The van der Waals surface area contributed by atoms with E-state index in [1.54, 1.807) is 0 Å². The van der Waals surface area contributed by atoms with Gasteiger partial charge in [-0.2, -0.15) is 22.0 Å². The van der Waals surface area contributed by atoms with Crippen LogP contribution in [-0.4, -0.2) is 30.8 Å². The minimum atomic E-state index is -5.03. The molecule has 0 rings (SSSR count). The van der Waals surface area contributed by atoms with Crippen molar-refractivity contribution in [1.29, 1.82) is 0 Å². The largest absolute Gasteiger partial charge is 0.471 e. The lowest BCUT2D eigenvalue weighted by molar-refractivity contribution is -0.181. The van der Waals surface area contributed by atoms with E-state index in [0.717, 1.165) is 13.8 Å². The van der Waals surface area contributed by atoms with Gasteiger partial charge in [-0.3, -0.25) is 4.79 Å². The summed E-state index contributed by atoms with van der Waals surface area (Å²) in [5.41, 5.74) is 0. The molecule has 0 heterocycles. The number of amides is 1. The Hall–Kier alpha value is -0.920. The maximum atomic E-state index is 11.7. The SMILES string of the molecule is CC(NC(=O)C(F)(F)F)C(C)OC(F)F. The van der Waals surface area contributed by atoms with Gasteiger partial charge in [0.1, 0.15) is 0 Å². The molecule has 90 valence electrons. The Balaban J connectivity index is 4.13. The third-order valence-electron chi connectivity index (χ3n) is 1.64. The van der Waals surface area contributed by atoms with Crippen molar-refractivity contribution in [3.8, 4) is 0 Å². The maximum absolute atomic E-state index is 11.7. The molecule has 1 amide bonds. The van der Waals surface area contributed by atoms with Crippen LogP contribution >= 0.6 is 0 Å². The van der Waals surface area contributed by atoms with Gasteiger partial charge < -0.3 is 10.1 Å². The van der Waals surface area contributed by atoms with Crippen LogP contribution in [0.25, 0.3) is 0 Å². The highest BCUT2D eigenvalue weighted by atomic mass is 19.4. The summed E-state index contributed by atoms with van der Waals surface area (Å²) in [6.07, 6.45) is -6.24. The Kier molecular flexibility index (Phi) is 4.92. The molecular formula is C7H10F5NO2. The summed E-state index contributed by atoms with van der Waals surface area (Å²) in [5.74, 6) is -2.18. The Labute approximate surface area is 82.6 Å². The van der Waals surface area contributed by atoms with Gasteiger partial charge in [0.25, 0.3) is 0 Å². The van der Waals surface area contributed by atoms with Crippen molar-refractivity contribution in [2.24, 2.45) is 0 Å². The zero-order chi connectivity index (χ0) is 12.2. The Morgan fingerprint density at radius 1 is 1.27 bits per heavy atom. The molecule has 1 N–H and O–H groups in total. The lowest BCUT2D eigenvalue weighted by atomic mass is 10.2. The minimum absolute atomic E-state index is 1.13. The Morgan fingerprint density at radius 3 is 2.07 bits per heavy atom. The number of alkyl halides is 5. The van der Waals surface area contributed by atoms with E-state index in [2.05, 4.69) is 4.74 Å². The van der Waals surface area contributed by atoms with Gasteiger partial charge in [-0.15, -0.1) is 0 Å². The summed E-state index contributed by atoms with van der Waals surface area (Å²) in [4.78, 5) is 10.4. The molecule has 0 spiro atoms. The first-order valence-corrected chi connectivity index (χ1v) is 3.96. The molecule has 3 nitrogen and oxygen atoms in total. The van der Waals surface area contributed by atoms with Gasteiger partial charge in [0.05, 0.1) is 12.1 Å². The highest BCUT2D eigenvalue weighted by Gasteiger charge is 2.39. The second kappa shape index (κ2) is 5.24. The molecule has 0 aliphatic rings. The Bertz CT molecular complexity index is 218. The first kappa shape index (κ1) is 14.1. The van der Waals surface area contributed by atoms with Gasteiger partial charge in [-0.05, 0) is 13.8 Å². The number of hydrogen-bond acceptors (Lipinski definition) is 2. The number of hydrogen-bond donors (Lipinski definition) is 1. The standard InChI is InChI=1S/C7H10F5NO2/c1-3(4(2)15-6(8)9)13-5(14)7(10,11)12/h3-4,6H,1-2H3,(H,13,14). The molecule has 0 radical (unpaired) electrons. The fourth-order valence-electron chi connectivity index (χ4n) is 0.686. The van der Waals surface area contributed by atoms with E-state index >= 15 is 0 Å². The molecule has 0 aromatic heterocycles. The molecule has 0 aromatic carbocycles. The molecule has 2 unspecified atom stereocenters. The maximum Gasteiger partial charge on any atom is 0.471 e. The van der Waals surface area contributed by atoms with Crippen LogP contribution in [0.3, 0.4) is 0 Å². The molecule has 0 saturated heterocycles. The predicted molar refractivity (Wildman–Crippen MR) is 40.2 cm³/mol. The van der Waals surface area contributed by atoms with Crippen molar-refractivity contribution < 1.29 is 31.5 Å². The van der Waals surface area contributed by atoms with Gasteiger partial charge in [0.2, 0.25) is 0 Å². The van der Waals surface area contributed by atoms with E-state index in [9.17, 15) is 26.7 Å².